The van der Waals surface area contributed by atoms with Crippen LogP contribution in [0.15, 0.2) is 35.9 Å². The molecule has 152 valence electrons. The van der Waals surface area contributed by atoms with E-state index in [1.54, 1.807) is 0 Å². The minimum atomic E-state index is -0.678. The summed E-state index contributed by atoms with van der Waals surface area (Å²) in [5, 5.41) is 11.0. The van der Waals surface area contributed by atoms with E-state index in [4.69, 9.17) is 16.3 Å². The molecule has 1 N–H and O–H groups in total. The van der Waals surface area contributed by atoms with Gasteiger partial charge in [-0.05, 0) is 58.9 Å². The second-order valence-corrected chi connectivity index (χ2v) is 10.1. The van der Waals surface area contributed by atoms with Crippen LogP contribution in [0.1, 0.15) is 58.1 Å². The number of benzene rings is 1. The Hall–Kier alpha value is -1.58. The minimum Gasteiger partial charge on any atom is -0.465 e. The van der Waals surface area contributed by atoms with Crippen molar-refractivity contribution in [2.45, 2.75) is 60.0 Å². The zero-order chi connectivity index (χ0) is 20.7. The van der Waals surface area contributed by atoms with Crippen LogP contribution in [-0.2, 0) is 9.53 Å². The Bertz CT molecular complexity index is 832. The van der Waals surface area contributed by atoms with Crippen molar-refractivity contribution in [1.29, 1.82) is 0 Å². The highest BCUT2D eigenvalue weighted by molar-refractivity contribution is 6.31. The molecule has 2 aliphatic rings. The van der Waals surface area contributed by atoms with Crippen molar-refractivity contribution >= 4 is 23.1 Å². The molecule has 2 atom stereocenters. The summed E-state index contributed by atoms with van der Waals surface area (Å²) < 4.78 is 5.15. The Kier molecular flexibility index (Phi) is 5.80. The zero-order valence-corrected chi connectivity index (χ0v) is 18.3. The van der Waals surface area contributed by atoms with E-state index in [0.717, 1.165) is 23.4 Å². The van der Waals surface area contributed by atoms with E-state index in [9.17, 15) is 9.90 Å². The Morgan fingerprint density at radius 2 is 1.96 bits per heavy atom. The average Bonchev–Trinajstić information content (AvgIpc) is 2.56. The second kappa shape index (κ2) is 7.68. The molecule has 0 spiro atoms. The van der Waals surface area contributed by atoms with Gasteiger partial charge in [-0.2, -0.15) is 0 Å². The summed E-state index contributed by atoms with van der Waals surface area (Å²) in [4.78, 5) is 12.1. The van der Waals surface area contributed by atoms with Crippen molar-refractivity contribution < 1.29 is 14.6 Å². The number of esters is 1. The first-order valence-electron chi connectivity index (χ1n) is 10.0. The molecule has 3 rings (SSSR count). The summed E-state index contributed by atoms with van der Waals surface area (Å²) in [6.07, 6.45) is 5.70. The van der Waals surface area contributed by atoms with E-state index in [0.29, 0.717) is 13.0 Å². The molecule has 1 heterocycles. The number of aliphatic hydroxyl groups is 1. The quantitative estimate of drug-likeness (QED) is 0.657. The van der Waals surface area contributed by atoms with Crippen molar-refractivity contribution in [3.05, 3.63) is 52.1 Å². The molecule has 1 aromatic rings. The van der Waals surface area contributed by atoms with E-state index in [2.05, 4.69) is 45.9 Å². The van der Waals surface area contributed by atoms with Gasteiger partial charge >= 0.3 is 5.97 Å². The van der Waals surface area contributed by atoms with Gasteiger partial charge in [0, 0.05) is 11.4 Å². The van der Waals surface area contributed by atoms with Crippen LogP contribution in [0.3, 0.4) is 0 Å². The Morgan fingerprint density at radius 1 is 1.25 bits per heavy atom. The lowest BCUT2D eigenvalue weighted by atomic mass is 9.61. The van der Waals surface area contributed by atoms with Crippen molar-refractivity contribution in [1.82, 2.24) is 0 Å². The van der Waals surface area contributed by atoms with Gasteiger partial charge in [-0.25, -0.2) is 0 Å². The topological polar surface area (TPSA) is 46.5 Å². The van der Waals surface area contributed by atoms with Gasteiger partial charge in [0.05, 0.1) is 12.7 Å². The SMILES string of the molecule is Cc1cc(C2=C(C=CC3C(=O)OCCC3O)C(C)(C)CC(C)(C)C2)ccc1Cl. The Labute approximate surface area is 173 Å². The summed E-state index contributed by atoms with van der Waals surface area (Å²) in [6, 6.07) is 6.18. The number of aryl methyl sites for hydroxylation is 1. The van der Waals surface area contributed by atoms with Crippen molar-refractivity contribution in [3.8, 4) is 0 Å². The third kappa shape index (κ3) is 4.36. The van der Waals surface area contributed by atoms with Gasteiger partial charge in [-0.3, -0.25) is 4.79 Å². The maximum absolute atomic E-state index is 12.1. The number of rotatable bonds is 3. The predicted molar refractivity (Wildman–Crippen MR) is 114 cm³/mol. The monoisotopic (exact) mass is 402 g/mol. The van der Waals surface area contributed by atoms with Gasteiger partial charge in [0.2, 0.25) is 0 Å². The lowest BCUT2D eigenvalue weighted by Gasteiger charge is -2.43. The first-order valence-corrected chi connectivity index (χ1v) is 10.4. The number of ether oxygens (including phenoxy) is 1. The molecule has 0 bridgehead atoms. The first kappa shape index (κ1) is 21.1. The van der Waals surface area contributed by atoms with E-state index in [1.807, 2.05) is 19.1 Å². The molecular formula is C24H31ClO3. The van der Waals surface area contributed by atoms with Gasteiger partial charge in [0.15, 0.2) is 0 Å². The zero-order valence-electron chi connectivity index (χ0n) is 17.5. The molecule has 1 aliphatic carbocycles. The van der Waals surface area contributed by atoms with E-state index in [-0.39, 0.29) is 16.8 Å². The van der Waals surface area contributed by atoms with E-state index < -0.39 is 12.0 Å². The molecule has 0 radical (unpaired) electrons. The minimum absolute atomic E-state index is 0.0509. The molecular weight excluding hydrogens is 372 g/mol. The van der Waals surface area contributed by atoms with Crippen LogP contribution in [0.25, 0.3) is 5.57 Å². The molecule has 1 aliphatic heterocycles. The first-order chi connectivity index (χ1) is 13.0. The average molecular weight is 403 g/mol. The molecule has 3 nitrogen and oxygen atoms in total. The van der Waals surface area contributed by atoms with Crippen molar-refractivity contribution in [2.24, 2.45) is 16.7 Å². The summed E-state index contributed by atoms with van der Waals surface area (Å²) in [5.74, 6) is -0.936. The summed E-state index contributed by atoms with van der Waals surface area (Å²) in [7, 11) is 0. The fraction of sp³-hybridized carbons (Fsp3) is 0.542. The van der Waals surface area contributed by atoms with Crippen LogP contribution in [0.4, 0.5) is 0 Å². The lowest BCUT2D eigenvalue weighted by Crippen LogP contribution is -2.35. The molecule has 2 unspecified atom stereocenters. The molecule has 1 aromatic carbocycles. The third-order valence-electron chi connectivity index (χ3n) is 5.95. The largest absolute Gasteiger partial charge is 0.465 e. The maximum Gasteiger partial charge on any atom is 0.315 e. The van der Waals surface area contributed by atoms with Crippen LogP contribution >= 0.6 is 11.6 Å². The fourth-order valence-electron chi connectivity index (χ4n) is 4.87. The molecule has 0 saturated carbocycles. The predicted octanol–water partition coefficient (Wildman–Crippen LogP) is 5.73. The molecule has 1 fully saturated rings. The van der Waals surface area contributed by atoms with Crippen LogP contribution in [-0.4, -0.2) is 23.8 Å². The van der Waals surface area contributed by atoms with Gasteiger partial charge in [-0.1, -0.05) is 63.6 Å². The second-order valence-electron chi connectivity index (χ2n) is 9.67. The number of hydrogen-bond donors (Lipinski definition) is 1. The Balaban J connectivity index is 2.09. The van der Waals surface area contributed by atoms with Gasteiger partial charge < -0.3 is 9.84 Å². The number of carbonyl (C=O) groups is 1. The fourth-order valence-corrected chi connectivity index (χ4v) is 4.99. The van der Waals surface area contributed by atoms with Gasteiger partial charge in [-0.15, -0.1) is 0 Å². The van der Waals surface area contributed by atoms with E-state index >= 15 is 0 Å². The van der Waals surface area contributed by atoms with Gasteiger partial charge in [0.25, 0.3) is 0 Å². The summed E-state index contributed by atoms with van der Waals surface area (Å²) in [5.41, 5.74) is 4.86. The summed E-state index contributed by atoms with van der Waals surface area (Å²) >= 11 is 6.25. The van der Waals surface area contributed by atoms with Crippen molar-refractivity contribution in [3.63, 3.8) is 0 Å². The lowest BCUT2D eigenvalue weighted by molar-refractivity contribution is -0.157. The molecule has 1 saturated heterocycles. The van der Waals surface area contributed by atoms with Gasteiger partial charge in [0.1, 0.15) is 5.92 Å². The van der Waals surface area contributed by atoms with E-state index in [1.165, 1.54) is 16.7 Å². The highest BCUT2D eigenvalue weighted by Gasteiger charge is 2.39. The molecule has 0 amide bonds. The normalized spacial score (nSPS) is 27.2. The molecule has 4 heteroatoms. The van der Waals surface area contributed by atoms with Crippen LogP contribution in [0, 0.1) is 23.7 Å². The number of halogens is 1. The molecule has 28 heavy (non-hydrogen) atoms. The van der Waals surface area contributed by atoms with Crippen LogP contribution in [0.5, 0.6) is 0 Å². The van der Waals surface area contributed by atoms with Crippen LogP contribution < -0.4 is 0 Å². The Morgan fingerprint density at radius 3 is 2.61 bits per heavy atom. The van der Waals surface area contributed by atoms with Crippen LogP contribution in [0.2, 0.25) is 5.02 Å². The number of carbonyl (C=O) groups excluding carboxylic acids is 1. The third-order valence-corrected chi connectivity index (χ3v) is 6.38. The molecule has 0 aromatic heterocycles. The smallest absolute Gasteiger partial charge is 0.315 e. The number of cyclic esters (lactones) is 1. The standard InChI is InChI=1S/C24H31ClO3/c1-15-12-16(6-9-20(15)25)18-13-23(2,3)14-24(4,5)19(18)8-7-17-21(26)10-11-28-22(17)27/h6-9,12,17,21,26H,10-11,13-14H2,1-5H3. The van der Waals surface area contributed by atoms with Crippen molar-refractivity contribution in [2.75, 3.05) is 6.61 Å². The highest BCUT2D eigenvalue weighted by atomic mass is 35.5. The maximum atomic E-state index is 12.1. The number of aliphatic hydroxyl groups excluding tert-OH is 1. The number of allylic oxidation sites excluding steroid dienone is 3. The summed E-state index contributed by atoms with van der Waals surface area (Å²) in [6.45, 7) is 11.4. The number of hydrogen-bond acceptors (Lipinski definition) is 3. The highest BCUT2D eigenvalue weighted by Crippen LogP contribution is 2.52.